The molecule has 1 aliphatic carbocycles. The molecule has 1 fully saturated rings. The molecule has 1 saturated carbocycles. The molecular weight excluding hydrogens is 166 g/mol. The van der Waals surface area contributed by atoms with E-state index in [1.165, 1.54) is 12.8 Å². The Balaban J connectivity index is 1.82. The summed E-state index contributed by atoms with van der Waals surface area (Å²) < 4.78 is 5.20. The number of aromatic nitrogens is 1. The van der Waals surface area contributed by atoms with Gasteiger partial charge in [-0.25, -0.2) is 0 Å². The Kier molecular flexibility index (Phi) is 2.61. The molecule has 1 aromatic rings. The molecule has 3 N–H and O–H groups in total. The number of nitrogens with two attached hydrogens (primary N) is 1. The lowest BCUT2D eigenvalue weighted by atomic mass is 10.3. The third kappa shape index (κ3) is 2.29. The molecule has 4 nitrogen and oxygen atoms in total. The minimum atomic E-state index is 0.649. The van der Waals surface area contributed by atoms with Crippen molar-refractivity contribution in [1.82, 2.24) is 10.5 Å². The third-order valence-corrected chi connectivity index (χ3v) is 2.18. The zero-order chi connectivity index (χ0) is 9.10. The summed E-state index contributed by atoms with van der Waals surface area (Å²) in [6.45, 7) is 2.24. The summed E-state index contributed by atoms with van der Waals surface area (Å²) in [5, 5.41) is 7.15. The predicted molar refractivity (Wildman–Crippen MR) is 49.2 cm³/mol. The van der Waals surface area contributed by atoms with E-state index >= 15 is 0 Å². The van der Waals surface area contributed by atoms with Crippen molar-refractivity contribution in [3.63, 3.8) is 0 Å². The maximum Gasteiger partial charge on any atom is 0.140 e. The Hall–Kier alpha value is -0.870. The normalized spacial score (nSPS) is 16.4. The highest BCUT2D eigenvalue weighted by molar-refractivity contribution is 5.14. The van der Waals surface area contributed by atoms with Crippen molar-refractivity contribution in [1.29, 1.82) is 0 Å². The first-order valence-corrected chi connectivity index (χ1v) is 4.76. The van der Waals surface area contributed by atoms with Gasteiger partial charge in [-0.1, -0.05) is 5.16 Å². The molecule has 72 valence electrons. The molecular formula is C9H15N3O. The molecule has 0 radical (unpaired) electrons. The second-order valence-corrected chi connectivity index (χ2v) is 3.46. The zero-order valence-corrected chi connectivity index (χ0v) is 7.62. The summed E-state index contributed by atoms with van der Waals surface area (Å²) in [5.41, 5.74) is 6.33. The van der Waals surface area contributed by atoms with E-state index in [1.54, 1.807) is 0 Å². The quantitative estimate of drug-likeness (QED) is 0.653. The molecule has 13 heavy (non-hydrogen) atoms. The van der Waals surface area contributed by atoms with E-state index in [4.69, 9.17) is 10.3 Å². The van der Waals surface area contributed by atoms with Gasteiger partial charge in [-0.2, -0.15) is 0 Å². The molecule has 0 spiro atoms. The van der Waals surface area contributed by atoms with E-state index in [9.17, 15) is 0 Å². The van der Waals surface area contributed by atoms with Crippen molar-refractivity contribution in [2.24, 2.45) is 5.73 Å². The largest absolute Gasteiger partial charge is 0.361 e. The van der Waals surface area contributed by atoms with Gasteiger partial charge in [-0.15, -0.1) is 0 Å². The van der Waals surface area contributed by atoms with Gasteiger partial charge >= 0.3 is 0 Å². The Morgan fingerprint density at radius 1 is 1.62 bits per heavy atom. The van der Waals surface area contributed by atoms with Crippen LogP contribution >= 0.6 is 0 Å². The Morgan fingerprint density at radius 2 is 2.46 bits per heavy atom. The van der Waals surface area contributed by atoms with E-state index in [0.29, 0.717) is 12.5 Å². The molecule has 0 amide bonds. The van der Waals surface area contributed by atoms with Crippen LogP contribution < -0.4 is 11.1 Å². The standard InChI is InChI=1S/C9H15N3O/c10-3-4-11-6-8-5-9(13-12-8)7-1-2-7/h5,7,11H,1-4,6,10H2. The number of nitrogens with zero attached hydrogens (tertiary/aromatic N) is 1. The fourth-order valence-corrected chi connectivity index (χ4v) is 1.29. The van der Waals surface area contributed by atoms with Crippen molar-refractivity contribution in [2.75, 3.05) is 13.1 Å². The minimum absolute atomic E-state index is 0.649. The minimum Gasteiger partial charge on any atom is -0.361 e. The van der Waals surface area contributed by atoms with Crippen LogP contribution in [0.3, 0.4) is 0 Å². The molecule has 1 aromatic heterocycles. The van der Waals surface area contributed by atoms with Crippen LogP contribution in [0.15, 0.2) is 10.6 Å². The maximum atomic E-state index is 5.35. The lowest BCUT2D eigenvalue weighted by Crippen LogP contribution is -2.21. The first-order valence-electron chi connectivity index (χ1n) is 4.76. The second kappa shape index (κ2) is 3.89. The Morgan fingerprint density at radius 3 is 3.15 bits per heavy atom. The van der Waals surface area contributed by atoms with Crippen LogP contribution in [0.5, 0.6) is 0 Å². The van der Waals surface area contributed by atoms with E-state index in [2.05, 4.69) is 10.5 Å². The molecule has 0 unspecified atom stereocenters. The monoisotopic (exact) mass is 181 g/mol. The van der Waals surface area contributed by atoms with Gasteiger partial charge in [-0.3, -0.25) is 0 Å². The van der Waals surface area contributed by atoms with E-state index in [1.807, 2.05) is 6.07 Å². The van der Waals surface area contributed by atoms with Gasteiger partial charge in [0.1, 0.15) is 5.76 Å². The molecule has 0 atom stereocenters. The van der Waals surface area contributed by atoms with Gasteiger partial charge in [0.05, 0.1) is 5.69 Å². The average Bonchev–Trinajstić information content (AvgIpc) is 2.88. The smallest absolute Gasteiger partial charge is 0.140 e. The van der Waals surface area contributed by atoms with Crippen LogP contribution in [0.25, 0.3) is 0 Å². The van der Waals surface area contributed by atoms with Gasteiger partial charge in [0.15, 0.2) is 0 Å². The van der Waals surface area contributed by atoms with Gasteiger partial charge in [0.25, 0.3) is 0 Å². The molecule has 4 heteroatoms. The van der Waals surface area contributed by atoms with Crippen molar-refractivity contribution >= 4 is 0 Å². The SMILES string of the molecule is NCCNCc1cc(C2CC2)on1. The fraction of sp³-hybridized carbons (Fsp3) is 0.667. The number of hydrogen-bond acceptors (Lipinski definition) is 4. The van der Waals surface area contributed by atoms with Crippen LogP contribution in [-0.2, 0) is 6.54 Å². The second-order valence-electron chi connectivity index (χ2n) is 3.46. The lowest BCUT2D eigenvalue weighted by molar-refractivity contribution is 0.376. The predicted octanol–water partition coefficient (Wildman–Crippen LogP) is 0.600. The Bertz CT molecular complexity index is 268. The van der Waals surface area contributed by atoms with Crippen LogP contribution in [0.2, 0.25) is 0 Å². The molecule has 0 aliphatic heterocycles. The molecule has 0 aromatic carbocycles. The fourth-order valence-electron chi connectivity index (χ4n) is 1.29. The van der Waals surface area contributed by atoms with Crippen LogP contribution in [0, 0.1) is 0 Å². The summed E-state index contributed by atoms with van der Waals surface area (Å²) >= 11 is 0. The van der Waals surface area contributed by atoms with Gasteiger partial charge in [-0.05, 0) is 12.8 Å². The summed E-state index contributed by atoms with van der Waals surface area (Å²) in [7, 11) is 0. The first kappa shape index (κ1) is 8.72. The van der Waals surface area contributed by atoms with Crippen molar-refractivity contribution < 1.29 is 4.52 Å². The maximum absolute atomic E-state index is 5.35. The van der Waals surface area contributed by atoms with E-state index in [0.717, 1.165) is 24.5 Å². The van der Waals surface area contributed by atoms with Crippen LogP contribution in [-0.4, -0.2) is 18.2 Å². The highest BCUT2D eigenvalue weighted by Gasteiger charge is 2.27. The summed E-state index contributed by atoms with van der Waals surface area (Å²) in [6.07, 6.45) is 2.51. The summed E-state index contributed by atoms with van der Waals surface area (Å²) in [5.74, 6) is 1.69. The number of hydrogen-bond donors (Lipinski definition) is 2. The van der Waals surface area contributed by atoms with E-state index in [-0.39, 0.29) is 0 Å². The van der Waals surface area contributed by atoms with Gasteiger partial charge in [0.2, 0.25) is 0 Å². The third-order valence-electron chi connectivity index (χ3n) is 2.18. The summed E-state index contributed by atoms with van der Waals surface area (Å²) in [4.78, 5) is 0. The van der Waals surface area contributed by atoms with Crippen molar-refractivity contribution in [2.45, 2.75) is 25.3 Å². The molecule has 1 aliphatic rings. The number of nitrogens with one attached hydrogen (secondary N) is 1. The zero-order valence-electron chi connectivity index (χ0n) is 7.62. The topological polar surface area (TPSA) is 64.1 Å². The molecule has 2 rings (SSSR count). The molecule has 1 heterocycles. The molecule has 0 bridgehead atoms. The van der Waals surface area contributed by atoms with Gasteiger partial charge < -0.3 is 15.6 Å². The molecule has 0 saturated heterocycles. The lowest BCUT2D eigenvalue weighted by Gasteiger charge is -1.96. The highest BCUT2D eigenvalue weighted by atomic mass is 16.5. The highest BCUT2D eigenvalue weighted by Crippen LogP contribution is 2.40. The summed E-state index contributed by atoms with van der Waals surface area (Å²) in [6, 6.07) is 2.04. The van der Waals surface area contributed by atoms with Gasteiger partial charge in [0, 0.05) is 31.6 Å². The van der Waals surface area contributed by atoms with Crippen LogP contribution in [0.4, 0.5) is 0 Å². The average molecular weight is 181 g/mol. The van der Waals surface area contributed by atoms with Crippen molar-refractivity contribution in [3.05, 3.63) is 17.5 Å². The van der Waals surface area contributed by atoms with Crippen LogP contribution in [0.1, 0.15) is 30.2 Å². The Labute approximate surface area is 77.5 Å². The first-order chi connectivity index (χ1) is 6.40. The van der Waals surface area contributed by atoms with Crippen molar-refractivity contribution in [3.8, 4) is 0 Å². The van der Waals surface area contributed by atoms with E-state index < -0.39 is 0 Å². The number of rotatable bonds is 5.